The second-order valence-corrected chi connectivity index (χ2v) is 6.72. The van der Waals surface area contributed by atoms with Crippen LogP contribution in [0.3, 0.4) is 0 Å². The van der Waals surface area contributed by atoms with Gasteiger partial charge in [-0.25, -0.2) is 0 Å². The van der Waals surface area contributed by atoms with Crippen molar-refractivity contribution < 1.29 is 9.59 Å². The molecule has 0 saturated heterocycles. The summed E-state index contributed by atoms with van der Waals surface area (Å²) in [5, 5.41) is 0. The smallest absolute Gasteiger partial charge is 0.209 e. The van der Waals surface area contributed by atoms with E-state index in [9.17, 15) is 9.59 Å². The van der Waals surface area contributed by atoms with Crippen molar-refractivity contribution in [2.45, 2.75) is 27.7 Å². The molecule has 4 heteroatoms. The SMILES string of the molecule is CC(C)CSCC(=O)C(=O)CSCC(C)C. The topological polar surface area (TPSA) is 34.1 Å². The lowest BCUT2D eigenvalue weighted by Gasteiger charge is -2.04. The third-order valence-corrected chi connectivity index (χ3v) is 4.42. The van der Waals surface area contributed by atoms with E-state index in [1.807, 2.05) is 0 Å². The number of Topliss-reactive ketones (excluding diaryl/α,β-unsaturated/α-hetero) is 2. The van der Waals surface area contributed by atoms with E-state index in [2.05, 4.69) is 27.7 Å². The molecule has 0 fully saturated rings. The Kier molecular flexibility index (Phi) is 9.13. The molecule has 0 saturated carbocycles. The number of hydrogen-bond acceptors (Lipinski definition) is 4. The zero-order valence-electron chi connectivity index (χ0n) is 10.6. The molecule has 0 aliphatic carbocycles. The van der Waals surface area contributed by atoms with Crippen LogP contribution >= 0.6 is 23.5 Å². The molecule has 0 aromatic rings. The Morgan fingerprint density at radius 3 is 1.38 bits per heavy atom. The van der Waals surface area contributed by atoms with Gasteiger partial charge in [0.25, 0.3) is 0 Å². The Morgan fingerprint density at radius 1 is 0.812 bits per heavy atom. The fraction of sp³-hybridized carbons (Fsp3) is 0.833. The molecule has 0 spiro atoms. The predicted molar refractivity (Wildman–Crippen MR) is 74.3 cm³/mol. The highest BCUT2D eigenvalue weighted by molar-refractivity contribution is 8.00. The van der Waals surface area contributed by atoms with Gasteiger partial charge in [0.2, 0.25) is 11.6 Å². The zero-order chi connectivity index (χ0) is 12.6. The summed E-state index contributed by atoms with van der Waals surface area (Å²) in [4.78, 5) is 22.8. The summed E-state index contributed by atoms with van der Waals surface area (Å²) in [6.07, 6.45) is 0. The molecule has 0 aliphatic heterocycles. The molecule has 0 amide bonds. The van der Waals surface area contributed by atoms with Gasteiger partial charge < -0.3 is 0 Å². The van der Waals surface area contributed by atoms with Gasteiger partial charge in [0, 0.05) is 0 Å². The fourth-order valence-electron chi connectivity index (χ4n) is 0.936. The van der Waals surface area contributed by atoms with Crippen LogP contribution in [0, 0.1) is 11.8 Å². The van der Waals surface area contributed by atoms with E-state index in [0.717, 1.165) is 11.5 Å². The fourth-order valence-corrected chi connectivity index (χ4v) is 2.81. The average molecular weight is 262 g/mol. The molecule has 0 aromatic carbocycles. The van der Waals surface area contributed by atoms with E-state index >= 15 is 0 Å². The van der Waals surface area contributed by atoms with Crippen molar-refractivity contribution in [3.05, 3.63) is 0 Å². The van der Waals surface area contributed by atoms with Gasteiger partial charge in [0.05, 0.1) is 11.5 Å². The summed E-state index contributed by atoms with van der Waals surface area (Å²) in [5.74, 6) is 3.28. The molecule has 94 valence electrons. The molecular weight excluding hydrogens is 240 g/mol. The molecule has 0 heterocycles. The van der Waals surface area contributed by atoms with E-state index in [1.54, 1.807) is 23.5 Å². The van der Waals surface area contributed by atoms with E-state index < -0.39 is 0 Å². The highest BCUT2D eigenvalue weighted by Gasteiger charge is 2.13. The first-order valence-electron chi connectivity index (χ1n) is 5.65. The average Bonchev–Trinajstić information content (AvgIpc) is 2.16. The first-order chi connectivity index (χ1) is 7.43. The summed E-state index contributed by atoms with van der Waals surface area (Å²) >= 11 is 3.12. The number of thioether (sulfide) groups is 2. The second kappa shape index (κ2) is 9.11. The Balaban J connectivity index is 3.62. The lowest BCUT2D eigenvalue weighted by atomic mass is 10.3. The van der Waals surface area contributed by atoms with E-state index in [0.29, 0.717) is 23.3 Å². The van der Waals surface area contributed by atoms with Gasteiger partial charge in [-0.15, -0.1) is 0 Å². The van der Waals surface area contributed by atoms with Crippen molar-refractivity contribution >= 4 is 35.1 Å². The number of carbonyl (C=O) groups is 2. The first kappa shape index (κ1) is 16.0. The Hall–Kier alpha value is 0.0400. The van der Waals surface area contributed by atoms with Gasteiger partial charge in [-0.2, -0.15) is 23.5 Å². The van der Waals surface area contributed by atoms with E-state index in [4.69, 9.17) is 0 Å². The summed E-state index contributed by atoms with van der Waals surface area (Å²) < 4.78 is 0. The summed E-state index contributed by atoms with van der Waals surface area (Å²) in [5.41, 5.74) is 0. The largest absolute Gasteiger partial charge is 0.290 e. The highest BCUT2D eigenvalue weighted by Crippen LogP contribution is 2.10. The molecule has 0 unspecified atom stereocenters. The maximum absolute atomic E-state index is 11.4. The number of ketones is 2. The number of carbonyl (C=O) groups excluding carboxylic acids is 2. The van der Waals surface area contributed by atoms with Crippen LogP contribution in [0.1, 0.15) is 27.7 Å². The van der Waals surface area contributed by atoms with Crippen LogP contribution in [0.15, 0.2) is 0 Å². The van der Waals surface area contributed by atoms with Gasteiger partial charge in [-0.3, -0.25) is 9.59 Å². The van der Waals surface area contributed by atoms with Crippen LogP contribution in [0.2, 0.25) is 0 Å². The van der Waals surface area contributed by atoms with Crippen molar-refractivity contribution in [2.75, 3.05) is 23.0 Å². The molecule has 0 N–H and O–H groups in total. The zero-order valence-corrected chi connectivity index (χ0v) is 12.2. The Labute approximate surface area is 107 Å². The van der Waals surface area contributed by atoms with Crippen LogP contribution in [0.5, 0.6) is 0 Å². The Bertz CT molecular complexity index is 201. The predicted octanol–water partition coefficient (Wildman–Crippen LogP) is 2.90. The third kappa shape index (κ3) is 9.28. The van der Waals surface area contributed by atoms with Crippen LogP contribution in [0.25, 0.3) is 0 Å². The minimum absolute atomic E-state index is 0.220. The Morgan fingerprint density at radius 2 is 1.12 bits per heavy atom. The maximum Gasteiger partial charge on any atom is 0.209 e. The van der Waals surface area contributed by atoms with Crippen LogP contribution in [-0.4, -0.2) is 34.6 Å². The maximum atomic E-state index is 11.4. The molecule has 0 aromatic heterocycles. The van der Waals surface area contributed by atoms with E-state index in [-0.39, 0.29) is 11.6 Å². The molecule has 0 rings (SSSR count). The minimum Gasteiger partial charge on any atom is -0.290 e. The minimum atomic E-state index is -0.220. The molecular formula is C12H22O2S2. The molecule has 16 heavy (non-hydrogen) atoms. The lowest BCUT2D eigenvalue weighted by Crippen LogP contribution is -2.19. The van der Waals surface area contributed by atoms with Crippen molar-refractivity contribution in [2.24, 2.45) is 11.8 Å². The van der Waals surface area contributed by atoms with Crippen LogP contribution < -0.4 is 0 Å². The van der Waals surface area contributed by atoms with Crippen LogP contribution in [-0.2, 0) is 9.59 Å². The van der Waals surface area contributed by atoms with Crippen LogP contribution in [0.4, 0.5) is 0 Å². The highest BCUT2D eigenvalue weighted by atomic mass is 32.2. The van der Waals surface area contributed by atoms with Crippen molar-refractivity contribution in [3.63, 3.8) is 0 Å². The van der Waals surface area contributed by atoms with Crippen molar-refractivity contribution in [1.82, 2.24) is 0 Å². The summed E-state index contributed by atoms with van der Waals surface area (Å²) in [6.45, 7) is 8.44. The molecule has 2 nitrogen and oxygen atoms in total. The first-order valence-corrected chi connectivity index (χ1v) is 7.96. The van der Waals surface area contributed by atoms with Gasteiger partial charge in [0.15, 0.2) is 0 Å². The summed E-state index contributed by atoms with van der Waals surface area (Å²) in [7, 11) is 0. The monoisotopic (exact) mass is 262 g/mol. The molecule has 0 radical (unpaired) electrons. The number of hydrogen-bond donors (Lipinski definition) is 0. The third-order valence-electron chi connectivity index (χ3n) is 1.68. The quantitative estimate of drug-likeness (QED) is 0.598. The normalized spacial score (nSPS) is 11.1. The molecule has 0 bridgehead atoms. The van der Waals surface area contributed by atoms with Crippen molar-refractivity contribution in [1.29, 1.82) is 0 Å². The molecule has 0 aliphatic rings. The van der Waals surface area contributed by atoms with Crippen molar-refractivity contribution in [3.8, 4) is 0 Å². The van der Waals surface area contributed by atoms with Gasteiger partial charge >= 0.3 is 0 Å². The standard InChI is InChI=1S/C12H22O2S2/c1-9(2)5-15-7-11(13)12(14)8-16-6-10(3)4/h9-10H,5-8H2,1-4H3. The van der Waals surface area contributed by atoms with E-state index in [1.165, 1.54) is 0 Å². The second-order valence-electron chi connectivity index (χ2n) is 4.66. The van der Waals surface area contributed by atoms with Gasteiger partial charge in [-0.05, 0) is 23.3 Å². The molecule has 0 atom stereocenters. The summed E-state index contributed by atoms with van der Waals surface area (Å²) in [6, 6.07) is 0. The lowest BCUT2D eigenvalue weighted by molar-refractivity contribution is -0.133. The van der Waals surface area contributed by atoms with Gasteiger partial charge in [0.1, 0.15) is 0 Å². The van der Waals surface area contributed by atoms with Gasteiger partial charge in [-0.1, -0.05) is 27.7 Å². The number of rotatable bonds is 9.